The van der Waals surface area contributed by atoms with Crippen molar-refractivity contribution in [1.82, 2.24) is 24.4 Å². The van der Waals surface area contributed by atoms with Crippen LogP contribution in [0.3, 0.4) is 0 Å². The molecule has 3 aromatic rings. The van der Waals surface area contributed by atoms with Crippen LogP contribution in [0.2, 0.25) is 0 Å². The first-order chi connectivity index (χ1) is 16.0. The number of amides is 3. The van der Waals surface area contributed by atoms with E-state index < -0.39 is 11.9 Å². The first kappa shape index (κ1) is 23.0. The highest BCUT2D eigenvalue weighted by atomic mass is 32.1. The number of primary amides is 1. The third-order valence-corrected chi connectivity index (χ3v) is 6.45. The number of unbranched alkanes of at least 4 members (excludes halogenated alkanes) is 1. The van der Waals surface area contributed by atoms with Gasteiger partial charge in [0, 0.05) is 19.0 Å². The van der Waals surface area contributed by atoms with Crippen LogP contribution in [0.15, 0.2) is 24.3 Å². The lowest BCUT2D eigenvalue weighted by Gasteiger charge is -2.14. The van der Waals surface area contributed by atoms with E-state index in [-0.39, 0.29) is 23.1 Å². The molecule has 1 aliphatic heterocycles. The molecular formula is C22H29N7O3S. The van der Waals surface area contributed by atoms with E-state index in [1.807, 2.05) is 31.3 Å². The molecule has 3 heterocycles. The van der Waals surface area contributed by atoms with Gasteiger partial charge in [-0.2, -0.15) is 9.47 Å². The third-order valence-electron chi connectivity index (χ3n) is 5.70. The molecule has 1 fully saturated rings. The highest BCUT2D eigenvalue weighted by Gasteiger charge is 2.22. The second-order valence-electron chi connectivity index (χ2n) is 8.07. The Morgan fingerprint density at radius 2 is 2.00 bits per heavy atom. The van der Waals surface area contributed by atoms with Gasteiger partial charge in [-0.3, -0.25) is 14.8 Å². The van der Waals surface area contributed by atoms with E-state index in [1.165, 1.54) is 25.9 Å². The van der Waals surface area contributed by atoms with Crippen LogP contribution in [0.4, 0.5) is 9.80 Å². The molecule has 0 aliphatic carbocycles. The normalized spacial score (nSPS) is 14.0. The van der Waals surface area contributed by atoms with E-state index in [2.05, 4.69) is 25.0 Å². The molecule has 0 saturated carbocycles. The summed E-state index contributed by atoms with van der Waals surface area (Å²) in [6, 6.07) is 7.40. The van der Waals surface area contributed by atoms with E-state index in [9.17, 15) is 9.59 Å². The number of aromatic nitrogens is 3. The van der Waals surface area contributed by atoms with Crippen molar-refractivity contribution >= 4 is 39.4 Å². The van der Waals surface area contributed by atoms with Crippen LogP contribution in [0.1, 0.15) is 41.7 Å². The molecule has 0 atom stereocenters. The zero-order chi connectivity index (χ0) is 23.2. The highest BCUT2D eigenvalue weighted by molar-refractivity contribution is 7.11. The number of nitrogens with two attached hydrogens (primary N) is 1. The van der Waals surface area contributed by atoms with Crippen molar-refractivity contribution in [1.29, 1.82) is 0 Å². The molecule has 10 nitrogen and oxygen atoms in total. The number of para-hydroxylation sites is 1. The van der Waals surface area contributed by atoms with Gasteiger partial charge in [-0.25, -0.2) is 4.79 Å². The summed E-state index contributed by atoms with van der Waals surface area (Å²) < 4.78 is 11.7. The number of carbonyl (C=O) groups is 2. The fourth-order valence-corrected chi connectivity index (χ4v) is 4.76. The molecule has 3 amide bonds. The van der Waals surface area contributed by atoms with Gasteiger partial charge in [0.2, 0.25) is 5.88 Å². The maximum atomic E-state index is 12.3. The van der Waals surface area contributed by atoms with Crippen molar-refractivity contribution < 1.29 is 14.3 Å². The minimum atomic E-state index is -0.717. The van der Waals surface area contributed by atoms with Gasteiger partial charge < -0.3 is 20.7 Å². The lowest BCUT2D eigenvalue weighted by molar-refractivity contribution is 0.0996. The molecule has 0 unspecified atom stereocenters. The second kappa shape index (κ2) is 10.6. The summed E-state index contributed by atoms with van der Waals surface area (Å²) in [5, 5.41) is 11.2. The summed E-state index contributed by atoms with van der Waals surface area (Å²) in [4.78, 5) is 26.8. The Labute approximate surface area is 196 Å². The predicted molar refractivity (Wildman–Crippen MR) is 128 cm³/mol. The number of likely N-dealkylation sites (tertiary alicyclic amines) is 1. The van der Waals surface area contributed by atoms with Gasteiger partial charge in [0.15, 0.2) is 0 Å². The first-order valence-corrected chi connectivity index (χ1v) is 11.9. The van der Waals surface area contributed by atoms with Crippen molar-refractivity contribution in [2.75, 3.05) is 31.5 Å². The largest absolute Gasteiger partial charge is 0.470 e. The van der Waals surface area contributed by atoms with Gasteiger partial charge in [0.1, 0.15) is 22.9 Å². The van der Waals surface area contributed by atoms with Crippen LogP contribution in [0.25, 0.3) is 10.9 Å². The number of ether oxygens (including phenoxy) is 1. The summed E-state index contributed by atoms with van der Waals surface area (Å²) in [7, 11) is 1.86. The molecular weight excluding hydrogens is 442 g/mol. The summed E-state index contributed by atoms with van der Waals surface area (Å²) in [5.74, 6) is -0.631. The van der Waals surface area contributed by atoms with Crippen LogP contribution in [-0.2, 0) is 13.7 Å². The van der Waals surface area contributed by atoms with Crippen molar-refractivity contribution in [3.63, 3.8) is 0 Å². The average Bonchev–Trinajstić information content (AvgIpc) is 3.52. The van der Waals surface area contributed by atoms with Crippen LogP contribution in [0.5, 0.6) is 5.88 Å². The second-order valence-corrected chi connectivity index (χ2v) is 8.84. The van der Waals surface area contributed by atoms with E-state index >= 15 is 0 Å². The minimum Gasteiger partial charge on any atom is -0.470 e. The van der Waals surface area contributed by atoms with Crippen LogP contribution in [0, 0.1) is 0 Å². The molecule has 2 aromatic heterocycles. The SMILES string of the molecule is Cn1nc(COc2nsc(NC(=O)NCCCCN3CCCC3)c2C(N)=O)c2ccccc21. The molecule has 33 heavy (non-hydrogen) atoms. The molecule has 0 radical (unpaired) electrons. The first-order valence-electron chi connectivity index (χ1n) is 11.1. The van der Waals surface area contributed by atoms with Crippen molar-refractivity contribution in [3.8, 4) is 5.88 Å². The zero-order valence-electron chi connectivity index (χ0n) is 18.7. The number of hydrogen-bond donors (Lipinski definition) is 3. The number of hydrogen-bond acceptors (Lipinski definition) is 7. The highest BCUT2D eigenvalue weighted by Crippen LogP contribution is 2.31. The van der Waals surface area contributed by atoms with E-state index in [0.717, 1.165) is 47.5 Å². The number of nitrogens with one attached hydrogen (secondary N) is 2. The molecule has 0 spiro atoms. The van der Waals surface area contributed by atoms with Crippen LogP contribution in [-0.4, -0.2) is 57.2 Å². The summed E-state index contributed by atoms with van der Waals surface area (Å²) in [5.41, 5.74) is 7.31. The van der Waals surface area contributed by atoms with Crippen molar-refractivity contribution in [3.05, 3.63) is 35.5 Å². The standard InChI is InChI=1S/C22H29N7O3S/c1-28-17-9-3-2-8-15(17)16(26-28)14-32-20-18(19(23)30)21(33-27-20)25-22(31)24-10-4-5-11-29-12-6-7-13-29/h2-3,8-9H,4-7,10-14H2,1H3,(H2,23,30)(H2,24,25,31). The van der Waals surface area contributed by atoms with E-state index in [1.54, 1.807) is 4.68 Å². The molecule has 11 heteroatoms. The Morgan fingerprint density at radius 1 is 1.21 bits per heavy atom. The number of carbonyl (C=O) groups excluding carboxylic acids is 2. The maximum Gasteiger partial charge on any atom is 0.319 e. The van der Waals surface area contributed by atoms with Gasteiger partial charge in [-0.1, -0.05) is 18.2 Å². The summed E-state index contributed by atoms with van der Waals surface area (Å²) in [6.07, 6.45) is 4.49. The molecule has 4 rings (SSSR count). The average molecular weight is 472 g/mol. The molecule has 0 bridgehead atoms. The number of anilines is 1. The lowest BCUT2D eigenvalue weighted by atomic mass is 10.2. The van der Waals surface area contributed by atoms with Gasteiger partial charge in [-0.15, -0.1) is 0 Å². The van der Waals surface area contributed by atoms with Gasteiger partial charge in [-0.05, 0) is 62.9 Å². The van der Waals surface area contributed by atoms with Gasteiger partial charge in [0.25, 0.3) is 5.91 Å². The van der Waals surface area contributed by atoms with Gasteiger partial charge >= 0.3 is 6.03 Å². The monoisotopic (exact) mass is 471 g/mol. The molecule has 4 N–H and O–H groups in total. The Kier molecular flexibility index (Phi) is 7.40. The van der Waals surface area contributed by atoms with Crippen LogP contribution < -0.4 is 21.1 Å². The molecule has 176 valence electrons. The third kappa shape index (κ3) is 5.60. The van der Waals surface area contributed by atoms with E-state index in [0.29, 0.717) is 6.54 Å². The number of aryl methyl sites for hydroxylation is 1. The minimum absolute atomic E-state index is 0.0596. The maximum absolute atomic E-state index is 12.3. The predicted octanol–water partition coefficient (Wildman–Crippen LogP) is 2.71. The summed E-state index contributed by atoms with van der Waals surface area (Å²) >= 11 is 0.957. The van der Waals surface area contributed by atoms with E-state index in [4.69, 9.17) is 10.5 Å². The van der Waals surface area contributed by atoms with Crippen LogP contribution >= 0.6 is 11.5 Å². The van der Waals surface area contributed by atoms with Gasteiger partial charge in [0.05, 0.1) is 5.52 Å². The number of nitrogens with zero attached hydrogens (tertiary/aromatic N) is 4. The van der Waals surface area contributed by atoms with Crippen molar-refractivity contribution in [2.45, 2.75) is 32.3 Å². The molecule has 1 aromatic carbocycles. The Morgan fingerprint density at radius 3 is 2.79 bits per heavy atom. The quantitative estimate of drug-likeness (QED) is 0.390. The molecule has 1 aliphatic rings. The number of urea groups is 1. The fraction of sp³-hybridized carbons (Fsp3) is 0.455. The summed E-state index contributed by atoms with van der Waals surface area (Å²) in [6.45, 7) is 4.09. The Hall–Kier alpha value is -3.18. The zero-order valence-corrected chi connectivity index (χ0v) is 19.5. The lowest BCUT2D eigenvalue weighted by Crippen LogP contribution is -2.30. The topological polar surface area (TPSA) is 127 Å². The smallest absolute Gasteiger partial charge is 0.319 e. The number of fused-ring (bicyclic) bond motifs is 1. The number of benzene rings is 1. The Bertz CT molecular complexity index is 1120. The van der Waals surface area contributed by atoms with Crippen molar-refractivity contribution in [2.24, 2.45) is 12.8 Å². The Balaban J connectivity index is 1.31. The number of rotatable bonds is 10. The fourth-order valence-electron chi connectivity index (χ4n) is 4.02. The molecule has 1 saturated heterocycles.